The molecule has 36 heavy (non-hydrogen) atoms. The topological polar surface area (TPSA) is 128 Å². The van der Waals surface area contributed by atoms with Crippen molar-refractivity contribution in [2.45, 2.75) is 6.61 Å². The van der Waals surface area contributed by atoms with Gasteiger partial charge in [0.15, 0.2) is 11.5 Å². The van der Waals surface area contributed by atoms with Crippen LogP contribution in [0.2, 0.25) is 0 Å². The molecule has 0 atom stereocenters. The second-order valence-corrected chi connectivity index (χ2v) is 8.01. The van der Waals surface area contributed by atoms with Crippen molar-refractivity contribution >= 4 is 28.8 Å². The zero-order chi connectivity index (χ0) is 25.2. The maximum absolute atomic E-state index is 13.7. The molecule has 10 heteroatoms. The minimum atomic E-state index is -1.12. The zero-order valence-corrected chi connectivity index (χ0v) is 19.3. The van der Waals surface area contributed by atoms with Gasteiger partial charge in [0.25, 0.3) is 0 Å². The molecule has 0 saturated carbocycles. The molecule has 3 N–H and O–H groups in total. The average Bonchev–Trinajstić information content (AvgIpc) is 3.21. The van der Waals surface area contributed by atoms with E-state index in [-0.39, 0.29) is 5.82 Å². The summed E-state index contributed by atoms with van der Waals surface area (Å²) in [7, 11) is 1.43. The molecule has 0 aliphatic heterocycles. The zero-order valence-electron chi connectivity index (χ0n) is 19.3. The highest BCUT2D eigenvalue weighted by molar-refractivity contribution is 5.87. The summed E-state index contributed by atoms with van der Waals surface area (Å²) >= 11 is 0. The number of rotatable bonds is 6. The van der Waals surface area contributed by atoms with Crippen LogP contribution < -0.4 is 21.1 Å². The molecule has 0 aliphatic rings. The number of aromatic nitrogens is 4. The Labute approximate surface area is 205 Å². The fourth-order valence-corrected chi connectivity index (χ4v) is 3.90. The van der Waals surface area contributed by atoms with E-state index in [0.717, 1.165) is 10.5 Å². The predicted octanol–water partition coefficient (Wildman–Crippen LogP) is 3.85. The normalized spacial score (nSPS) is 10.9. The number of hydrogen-bond donors (Lipinski definition) is 2. The van der Waals surface area contributed by atoms with Gasteiger partial charge in [0, 0.05) is 12.7 Å². The highest BCUT2D eigenvalue weighted by Crippen LogP contribution is 2.26. The van der Waals surface area contributed by atoms with Crippen LogP contribution in [0.4, 0.5) is 16.3 Å². The van der Waals surface area contributed by atoms with Gasteiger partial charge >= 0.3 is 11.8 Å². The summed E-state index contributed by atoms with van der Waals surface area (Å²) in [5.74, 6) is 0.784. The van der Waals surface area contributed by atoms with E-state index in [1.165, 1.54) is 22.5 Å². The highest BCUT2D eigenvalue weighted by Gasteiger charge is 2.21. The quantitative estimate of drug-likeness (QED) is 0.376. The Bertz CT molecular complexity index is 1610. The summed E-state index contributed by atoms with van der Waals surface area (Å²) in [6.07, 6.45) is 0.161. The first-order valence-corrected chi connectivity index (χ1v) is 11.0. The number of nitrogen functional groups attached to an aromatic ring is 1. The van der Waals surface area contributed by atoms with Crippen LogP contribution in [0.15, 0.2) is 90.0 Å². The van der Waals surface area contributed by atoms with E-state index in [0.29, 0.717) is 40.6 Å². The Morgan fingerprint density at radius 3 is 2.44 bits per heavy atom. The van der Waals surface area contributed by atoms with E-state index in [2.05, 4.69) is 9.97 Å². The first-order valence-electron chi connectivity index (χ1n) is 11.0. The van der Waals surface area contributed by atoms with Gasteiger partial charge in [0.2, 0.25) is 0 Å². The van der Waals surface area contributed by atoms with Crippen molar-refractivity contribution < 1.29 is 14.6 Å². The summed E-state index contributed by atoms with van der Waals surface area (Å²) in [5, 5.41) is 9.34. The van der Waals surface area contributed by atoms with Crippen LogP contribution in [-0.2, 0) is 6.61 Å². The molecule has 0 spiro atoms. The van der Waals surface area contributed by atoms with E-state index in [9.17, 15) is 14.7 Å². The van der Waals surface area contributed by atoms with Gasteiger partial charge in [0.05, 0.1) is 11.4 Å². The van der Waals surface area contributed by atoms with Crippen LogP contribution in [0.5, 0.6) is 5.75 Å². The van der Waals surface area contributed by atoms with Crippen molar-refractivity contribution in [1.29, 1.82) is 0 Å². The number of amides is 1. The van der Waals surface area contributed by atoms with E-state index < -0.39 is 11.8 Å². The SMILES string of the molecule is CN(C(=O)O)c1cccc(-n2c(=O)n(-c3ccc(OCc4ccccc4)cc3)c3c(N)ncnc32)c1. The third kappa shape index (κ3) is 4.11. The number of imidazole rings is 1. The lowest BCUT2D eigenvalue weighted by Crippen LogP contribution is -2.25. The number of ether oxygens (including phenoxy) is 1. The van der Waals surface area contributed by atoms with E-state index >= 15 is 0 Å². The van der Waals surface area contributed by atoms with Gasteiger partial charge in [0.1, 0.15) is 24.2 Å². The molecule has 5 aromatic rings. The molecule has 5 rings (SSSR count). The number of carbonyl (C=O) groups is 1. The molecule has 0 saturated heterocycles. The first-order chi connectivity index (χ1) is 17.4. The van der Waals surface area contributed by atoms with Gasteiger partial charge in [-0.15, -0.1) is 0 Å². The molecular formula is C26H22N6O4. The molecule has 10 nitrogen and oxygen atoms in total. The number of nitrogens with two attached hydrogens (primary N) is 1. The lowest BCUT2D eigenvalue weighted by molar-refractivity contribution is 0.203. The van der Waals surface area contributed by atoms with Gasteiger partial charge < -0.3 is 15.6 Å². The van der Waals surface area contributed by atoms with E-state index in [4.69, 9.17) is 10.5 Å². The number of fused-ring (bicyclic) bond motifs is 1. The lowest BCUT2D eigenvalue weighted by atomic mass is 10.2. The molecule has 0 fully saturated rings. The van der Waals surface area contributed by atoms with Gasteiger partial charge in [-0.25, -0.2) is 24.1 Å². The van der Waals surface area contributed by atoms with Crippen molar-refractivity contribution in [3.8, 4) is 17.1 Å². The standard InChI is InChI=1S/C26H22N6O4/c1-30(26(34)35)19-8-5-9-20(14-19)32-24-22(23(27)28-16-29-24)31(25(32)33)18-10-12-21(13-11-18)36-15-17-6-3-2-4-7-17/h2-14,16H,15H2,1H3,(H,34,35)(H2,27,28,29). The minimum absolute atomic E-state index is 0.138. The third-order valence-corrected chi connectivity index (χ3v) is 5.75. The van der Waals surface area contributed by atoms with Crippen LogP contribution in [0.25, 0.3) is 22.5 Å². The molecule has 1 amide bonds. The maximum Gasteiger partial charge on any atom is 0.411 e. The number of carboxylic acid groups (broad SMARTS) is 1. The summed E-state index contributed by atoms with van der Waals surface area (Å²) in [4.78, 5) is 34.6. The molecular weight excluding hydrogens is 460 g/mol. The van der Waals surface area contributed by atoms with Crippen molar-refractivity contribution in [2.24, 2.45) is 0 Å². The second-order valence-electron chi connectivity index (χ2n) is 8.01. The molecule has 180 valence electrons. The molecule has 0 unspecified atom stereocenters. The van der Waals surface area contributed by atoms with Gasteiger partial charge in [-0.1, -0.05) is 36.4 Å². The average molecular weight is 483 g/mol. The fraction of sp³-hybridized carbons (Fsp3) is 0.0769. The van der Waals surface area contributed by atoms with Gasteiger partial charge in [-0.3, -0.25) is 9.47 Å². The summed E-state index contributed by atoms with van der Waals surface area (Å²) in [5.41, 5.74) is 8.83. The Balaban J connectivity index is 1.57. The van der Waals surface area contributed by atoms with E-state index in [1.54, 1.807) is 48.5 Å². The Morgan fingerprint density at radius 1 is 0.972 bits per heavy atom. The summed E-state index contributed by atoms with van der Waals surface area (Å²) in [6, 6.07) is 23.5. The van der Waals surface area contributed by atoms with Gasteiger partial charge in [-0.05, 0) is 48.0 Å². The minimum Gasteiger partial charge on any atom is -0.489 e. The van der Waals surface area contributed by atoms with Crippen LogP contribution in [0.3, 0.4) is 0 Å². The first kappa shape index (κ1) is 22.7. The monoisotopic (exact) mass is 482 g/mol. The Hall–Kier alpha value is -5.12. The van der Waals surface area contributed by atoms with Crippen molar-refractivity contribution in [2.75, 3.05) is 17.7 Å². The second kappa shape index (κ2) is 9.26. The lowest BCUT2D eigenvalue weighted by Gasteiger charge is -2.14. The molecule has 2 heterocycles. The Kier molecular flexibility index (Phi) is 5.83. The van der Waals surface area contributed by atoms with E-state index in [1.807, 2.05) is 30.3 Å². The molecule has 0 radical (unpaired) electrons. The number of anilines is 2. The predicted molar refractivity (Wildman–Crippen MR) is 136 cm³/mol. The highest BCUT2D eigenvalue weighted by atomic mass is 16.5. The number of nitrogens with zero attached hydrogens (tertiary/aromatic N) is 5. The molecule has 0 aliphatic carbocycles. The number of benzene rings is 3. The Morgan fingerprint density at radius 2 is 1.72 bits per heavy atom. The molecule has 3 aromatic carbocycles. The fourth-order valence-electron chi connectivity index (χ4n) is 3.90. The van der Waals surface area contributed by atoms with Crippen LogP contribution in [0, 0.1) is 0 Å². The maximum atomic E-state index is 13.7. The van der Waals surface area contributed by atoms with Gasteiger partial charge in [-0.2, -0.15) is 0 Å². The van der Waals surface area contributed by atoms with Crippen molar-refractivity contribution in [3.05, 3.63) is 101 Å². The molecule has 0 bridgehead atoms. The van der Waals surface area contributed by atoms with Crippen LogP contribution in [0.1, 0.15) is 5.56 Å². The van der Waals surface area contributed by atoms with Crippen LogP contribution >= 0.6 is 0 Å². The molecule has 2 aromatic heterocycles. The van der Waals surface area contributed by atoms with Crippen molar-refractivity contribution in [1.82, 2.24) is 19.1 Å². The largest absolute Gasteiger partial charge is 0.489 e. The summed E-state index contributed by atoms with van der Waals surface area (Å²) < 4.78 is 8.67. The van der Waals surface area contributed by atoms with Crippen molar-refractivity contribution in [3.63, 3.8) is 0 Å². The smallest absolute Gasteiger partial charge is 0.411 e. The third-order valence-electron chi connectivity index (χ3n) is 5.75. The number of hydrogen-bond acceptors (Lipinski definition) is 6. The summed E-state index contributed by atoms with van der Waals surface area (Å²) in [6.45, 7) is 0.418. The van der Waals surface area contributed by atoms with Crippen LogP contribution in [-0.4, -0.2) is 37.3 Å².